The predicted octanol–water partition coefficient (Wildman–Crippen LogP) is 4.25. The van der Waals surface area contributed by atoms with Crippen molar-refractivity contribution < 1.29 is 32.8 Å². The van der Waals surface area contributed by atoms with Crippen LogP contribution < -0.4 is 10.4 Å². The first-order chi connectivity index (χ1) is 18.1. The summed E-state index contributed by atoms with van der Waals surface area (Å²) in [6.07, 6.45) is -1.47. The molecule has 0 aromatic heterocycles. The Bertz CT molecular complexity index is 951. The highest BCUT2D eigenvalue weighted by Gasteiger charge is 2.51. The molecule has 0 aliphatic carbocycles. The van der Waals surface area contributed by atoms with Gasteiger partial charge in [0.05, 0.1) is 13.2 Å². The molecular formula is C30H44O7Si. The second-order valence-corrected chi connectivity index (χ2v) is 15.3. The van der Waals surface area contributed by atoms with Gasteiger partial charge in [0.1, 0.15) is 31.9 Å². The van der Waals surface area contributed by atoms with Crippen molar-refractivity contribution in [2.75, 3.05) is 41.0 Å². The maximum Gasteiger partial charge on any atom is 0.261 e. The summed E-state index contributed by atoms with van der Waals surface area (Å²) in [5.41, 5.74) is 0.708. The minimum atomic E-state index is -2.81. The van der Waals surface area contributed by atoms with Crippen molar-refractivity contribution in [1.29, 1.82) is 0 Å². The molecule has 0 spiro atoms. The SMILES string of the molecule is C=C([C@@H]1COC(C)(C)O1)[C@@H](OCOC)[C@@H](CO[Si](c1ccccc1)(c1ccccc1)C(C)(C)C)OCOC. The molecule has 0 radical (unpaired) electrons. The summed E-state index contributed by atoms with van der Waals surface area (Å²) < 4.78 is 42.0. The van der Waals surface area contributed by atoms with Gasteiger partial charge in [0.2, 0.25) is 0 Å². The lowest BCUT2D eigenvalue weighted by molar-refractivity contribution is -0.163. The van der Waals surface area contributed by atoms with Gasteiger partial charge in [-0.05, 0) is 34.8 Å². The summed E-state index contributed by atoms with van der Waals surface area (Å²) in [7, 11) is 0.368. The number of ether oxygens (including phenoxy) is 6. The summed E-state index contributed by atoms with van der Waals surface area (Å²) in [5, 5.41) is 2.19. The second kappa shape index (κ2) is 13.5. The Morgan fingerprint density at radius 2 is 1.47 bits per heavy atom. The molecule has 38 heavy (non-hydrogen) atoms. The van der Waals surface area contributed by atoms with Gasteiger partial charge in [-0.1, -0.05) is 88.0 Å². The fourth-order valence-electron chi connectivity index (χ4n) is 4.99. The molecule has 1 aliphatic heterocycles. The average molecular weight is 545 g/mol. The third-order valence-corrected chi connectivity index (χ3v) is 11.8. The van der Waals surface area contributed by atoms with E-state index < -0.39 is 26.3 Å². The number of methoxy groups -OCH3 is 2. The predicted molar refractivity (Wildman–Crippen MR) is 151 cm³/mol. The Morgan fingerprint density at radius 3 is 1.92 bits per heavy atom. The van der Waals surface area contributed by atoms with Crippen LogP contribution in [0.3, 0.4) is 0 Å². The number of benzene rings is 2. The largest absolute Gasteiger partial charge is 0.405 e. The zero-order chi connectivity index (χ0) is 27.8. The summed E-state index contributed by atoms with van der Waals surface area (Å²) in [4.78, 5) is 0. The zero-order valence-electron chi connectivity index (χ0n) is 23.9. The first kappa shape index (κ1) is 30.7. The monoisotopic (exact) mass is 544 g/mol. The van der Waals surface area contributed by atoms with Crippen LogP contribution in [-0.4, -0.2) is 73.4 Å². The molecule has 2 aromatic rings. The van der Waals surface area contributed by atoms with Gasteiger partial charge >= 0.3 is 0 Å². The fraction of sp³-hybridized carbons (Fsp3) is 0.533. The molecule has 0 amide bonds. The van der Waals surface area contributed by atoms with Gasteiger partial charge in [-0.25, -0.2) is 0 Å². The lowest BCUT2D eigenvalue weighted by Crippen LogP contribution is -2.67. The van der Waals surface area contributed by atoms with Gasteiger partial charge in [-0.3, -0.25) is 0 Å². The van der Waals surface area contributed by atoms with Crippen molar-refractivity contribution in [2.24, 2.45) is 0 Å². The van der Waals surface area contributed by atoms with Crippen LogP contribution in [0, 0.1) is 0 Å². The molecule has 7 nitrogen and oxygen atoms in total. The van der Waals surface area contributed by atoms with Gasteiger partial charge in [0.25, 0.3) is 8.32 Å². The third-order valence-electron chi connectivity index (χ3n) is 6.77. The van der Waals surface area contributed by atoms with E-state index in [0.717, 1.165) is 0 Å². The zero-order valence-corrected chi connectivity index (χ0v) is 24.9. The van der Waals surface area contributed by atoms with E-state index in [-0.39, 0.29) is 31.3 Å². The Morgan fingerprint density at radius 1 is 0.947 bits per heavy atom. The van der Waals surface area contributed by atoms with Gasteiger partial charge in [-0.2, -0.15) is 0 Å². The van der Waals surface area contributed by atoms with Gasteiger partial charge in [-0.15, -0.1) is 0 Å². The molecular weight excluding hydrogens is 500 g/mol. The number of hydrogen-bond acceptors (Lipinski definition) is 7. The van der Waals surface area contributed by atoms with E-state index in [2.05, 4.69) is 75.9 Å². The summed E-state index contributed by atoms with van der Waals surface area (Å²) in [5.74, 6) is -0.701. The molecule has 1 fully saturated rings. The van der Waals surface area contributed by atoms with Crippen LogP contribution in [0.25, 0.3) is 0 Å². The quantitative estimate of drug-likeness (QED) is 0.200. The Kier molecular flexibility index (Phi) is 10.9. The van der Waals surface area contributed by atoms with Crippen molar-refractivity contribution in [1.82, 2.24) is 0 Å². The normalized spacial score (nSPS) is 19.3. The second-order valence-electron chi connectivity index (χ2n) is 11.0. The van der Waals surface area contributed by atoms with E-state index in [9.17, 15) is 0 Å². The fourth-order valence-corrected chi connectivity index (χ4v) is 9.56. The van der Waals surface area contributed by atoms with E-state index >= 15 is 0 Å². The first-order valence-electron chi connectivity index (χ1n) is 13.0. The molecule has 1 aliphatic rings. The van der Waals surface area contributed by atoms with Crippen LogP contribution in [0.15, 0.2) is 72.8 Å². The number of hydrogen-bond donors (Lipinski definition) is 0. The molecule has 0 saturated carbocycles. The minimum Gasteiger partial charge on any atom is -0.405 e. The first-order valence-corrected chi connectivity index (χ1v) is 14.9. The average Bonchev–Trinajstić information content (AvgIpc) is 3.27. The molecule has 1 heterocycles. The van der Waals surface area contributed by atoms with Crippen molar-refractivity contribution in [2.45, 2.75) is 63.8 Å². The molecule has 2 aromatic carbocycles. The minimum absolute atomic E-state index is 0.0622. The van der Waals surface area contributed by atoms with E-state index in [0.29, 0.717) is 12.2 Å². The van der Waals surface area contributed by atoms with E-state index in [1.165, 1.54) is 10.4 Å². The van der Waals surface area contributed by atoms with Gasteiger partial charge in [0.15, 0.2) is 5.79 Å². The lowest BCUT2D eigenvalue weighted by atomic mass is 10.0. The number of rotatable bonds is 14. The third kappa shape index (κ3) is 7.19. The molecule has 3 atom stereocenters. The standard InChI is InChI=1S/C30H44O7Si/c1-23(26-19-35-30(5,6)37-26)28(34-22-32-8)27(33-21-31-7)20-36-38(29(2,3)4,24-15-11-9-12-16-24)25-17-13-10-14-18-25/h9-18,26-28H,1,19-22H2,2-8H3/t26-,27+,28+/m0/s1. The van der Waals surface area contributed by atoms with Crippen LogP contribution in [-0.2, 0) is 32.8 Å². The van der Waals surface area contributed by atoms with Crippen molar-refractivity contribution >= 4 is 18.7 Å². The molecule has 3 rings (SSSR count). The van der Waals surface area contributed by atoms with Gasteiger partial charge < -0.3 is 32.8 Å². The Hall–Kier alpha value is -1.88. The van der Waals surface area contributed by atoms with Crippen LogP contribution in [0.1, 0.15) is 34.6 Å². The van der Waals surface area contributed by atoms with Crippen molar-refractivity contribution in [3.05, 3.63) is 72.8 Å². The van der Waals surface area contributed by atoms with Crippen LogP contribution >= 0.6 is 0 Å². The maximum atomic E-state index is 7.16. The molecule has 1 saturated heterocycles. The maximum absolute atomic E-state index is 7.16. The molecule has 0 unspecified atom stereocenters. The summed E-state index contributed by atoms with van der Waals surface area (Å²) in [6, 6.07) is 21.0. The molecule has 210 valence electrons. The van der Waals surface area contributed by atoms with Gasteiger partial charge in [0, 0.05) is 14.2 Å². The highest BCUT2D eigenvalue weighted by molar-refractivity contribution is 6.99. The van der Waals surface area contributed by atoms with Crippen molar-refractivity contribution in [3.8, 4) is 0 Å². The van der Waals surface area contributed by atoms with Crippen LogP contribution in [0.2, 0.25) is 5.04 Å². The van der Waals surface area contributed by atoms with Crippen LogP contribution in [0.5, 0.6) is 0 Å². The topological polar surface area (TPSA) is 64.6 Å². The summed E-state index contributed by atoms with van der Waals surface area (Å²) in [6.45, 7) is 15.6. The van der Waals surface area contributed by atoms with E-state index in [1.54, 1.807) is 14.2 Å². The highest BCUT2D eigenvalue weighted by atomic mass is 28.4. The summed E-state index contributed by atoms with van der Waals surface area (Å²) >= 11 is 0. The molecule has 8 heteroatoms. The highest BCUT2D eigenvalue weighted by Crippen LogP contribution is 2.37. The van der Waals surface area contributed by atoms with Crippen LogP contribution in [0.4, 0.5) is 0 Å². The molecule has 0 N–H and O–H groups in total. The lowest BCUT2D eigenvalue weighted by Gasteiger charge is -2.44. The Balaban J connectivity index is 2.00. The molecule has 0 bridgehead atoms. The van der Waals surface area contributed by atoms with E-state index in [4.69, 9.17) is 32.8 Å². The Labute approximate surface area is 229 Å². The smallest absolute Gasteiger partial charge is 0.261 e. The van der Waals surface area contributed by atoms with E-state index in [1.807, 2.05) is 26.0 Å². The van der Waals surface area contributed by atoms with Crippen molar-refractivity contribution in [3.63, 3.8) is 0 Å².